The molecule has 3 aromatic rings. The van der Waals surface area contributed by atoms with Crippen LogP contribution in [0.4, 0.5) is 0 Å². The second kappa shape index (κ2) is 12.6. The topological polar surface area (TPSA) is 116 Å². The van der Waals surface area contributed by atoms with Gasteiger partial charge in [-0.2, -0.15) is 0 Å². The number of hydrogen-bond donors (Lipinski definition) is 3. The number of carboxylic acids is 2. The Kier molecular flexibility index (Phi) is 9.34. The van der Waals surface area contributed by atoms with E-state index in [1.54, 1.807) is 0 Å². The van der Waals surface area contributed by atoms with Crippen LogP contribution in [-0.2, 0) is 34.7 Å². The van der Waals surface area contributed by atoms with Crippen LogP contribution < -0.4 is 0 Å². The minimum Gasteiger partial charge on any atom is -0.478 e. The number of rotatable bonds is 8. The van der Waals surface area contributed by atoms with Gasteiger partial charge in [0.25, 0.3) is 0 Å². The largest absolute Gasteiger partial charge is 0.478 e. The lowest BCUT2D eigenvalue weighted by Crippen LogP contribution is -2.43. The van der Waals surface area contributed by atoms with Crippen LogP contribution in [0.1, 0.15) is 29.8 Å². The van der Waals surface area contributed by atoms with Gasteiger partial charge in [-0.05, 0) is 30.4 Å². The maximum atomic E-state index is 11.3. The minimum atomic E-state index is -1.26. The van der Waals surface area contributed by atoms with Crippen LogP contribution in [-0.4, -0.2) is 54.8 Å². The van der Waals surface area contributed by atoms with E-state index in [1.165, 1.54) is 11.1 Å². The van der Waals surface area contributed by atoms with Gasteiger partial charge in [-0.3, -0.25) is 4.90 Å². The molecule has 1 saturated heterocycles. The van der Waals surface area contributed by atoms with Crippen LogP contribution in [0.25, 0.3) is 0 Å². The molecule has 0 atom stereocenters. The molecular weight excluding hydrogens is 446 g/mol. The van der Waals surface area contributed by atoms with E-state index in [2.05, 4.69) is 63.0 Å². The summed E-state index contributed by atoms with van der Waals surface area (Å²) < 4.78 is 2.12. The maximum Gasteiger partial charge on any atom is 0.328 e. The van der Waals surface area contributed by atoms with Crippen molar-refractivity contribution < 1.29 is 24.9 Å². The highest BCUT2D eigenvalue weighted by atomic mass is 16.4. The quantitative estimate of drug-likeness (QED) is 0.426. The molecule has 0 spiro atoms. The van der Waals surface area contributed by atoms with Crippen LogP contribution in [0, 0.1) is 0 Å². The van der Waals surface area contributed by atoms with Crippen molar-refractivity contribution >= 4 is 11.9 Å². The molecule has 1 aromatic heterocycles. The van der Waals surface area contributed by atoms with Crippen LogP contribution in [0.2, 0.25) is 0 Å². The average molecular weight is 478 g/mol. The molecule has 0 bridgehead atoms. The number of piperidine rings is 1. The predicted molar refractivity (Wildman–Crippen MR) is 132 cm³/mol. The summed E-state index contributed by atoms with van der Waals surface area (Å²) in [7, 11) is 0. The summed E-state index contributed by atoms with van der Waals surface area (Å²) >= 11 is 0. The fourth-order valence-electron chi connectivity index (χ4n) is 4.08. The molecule has 1 aliphatic rings. The number of benzene rings is 2. The SMILES string of the molecule is O=C(O)/C=C\C(=O)O.OC1(c2nccn2CCc2ccccc2)CCN(Cc2ccccc2)CC1. The second-order valence-corrected chi connectivity index (χ2v) is 8.48. The Balaban J connectivity index is 0.000000371. The average Bonchev–Trinajstić information content (AvgIpc) is 3.35. The number of aliphatic carboxylic acids is 2. The van der Waals surface area contributed by atoms with Crippen molar-refractivity contribution in [2.75, 3.05) is 13.1 Å². The molecular formula is C27H31N3O5. The van der Waals surface area contributed by atoms with Crippen molar-refractivity contribution in [1.82, 2.24) is 14.5 Å². The molecule has 1 fully saturated rings. The summed E-state index contributed by atoms with van der Waals surface area (Å²) in [5.41, 5.74) is 1.81. The molecule has 0 saturated carbocycles. The minimum absolute atomic E-state index is 0.558. The van der Waals surface area contributed by atoms with E-state index in [0.29, 0.717) is 12.2 Å². The van der Waals surface area contributed by atoms with E-state index in [4.69, 9.17) is 10.2 Å². The number of hydrogen-bond acceptors (Lipinski definition) is 5. The van der Waals surface area contributed by atoms with Crippen LogP contribution in [0.3, 0.4) is 0 Å². The van der Waals surface area contributed by atoms with Crippen molar-refractivity contribution in [2.45, 2.75) is 38.0 Å². The molecule has 8 nitrogen and oxygen atoms in total. The normalized spacial score (nSPS) is 15.3. The Hall–Kier alpha value is -3.75. The van der Waals surface area contributed by atoms with Crippen LogP contribution in [0.15, 0.2) is 85.2 Å². The Labute approximate surface area is 204 Å². The monoisotopic (exact) mass is 477 g/mol. The molecule has 0 unspecified atom stereocenters. The van der Waals surface area contributed by atoms with Gasteiger partial charge in [0.1, 0.15) is 11.4 Å². The van der Waals surface area contributed by atoms with Crippen molar-refractivity contribution in [2.24, 2.45) is 0 Å². The Morgan fingerprint density at radius 3 is 1.97 bits per heavy atom. The predicted octanol–water partition coefficient (Wildman–Crippen LogP) is 3.32. The first-order chi connectivity index (χ1) is 16.9. The molecule has 2 heterocycles. The van der Waals surface area contributed by atoms with Gasteiger partial charge in [-0.15, -0.1) is 0 Å². The van der Waals surface area contributed by atoms with Crippen molar-refractivity contribution in [3.63, 3.8) is 0 Å². The molecule has 0 radical (unpaired) electrons. The maximum absolute atomic E-state index is 11.3. The van der Waals surface area contributed by atoms with E-state index < -0.39 is 17.5 Å². The highest BCUT2D eigenvalue weighted by Crippen LogP contribution is 2.32. The lowest BCUT2D eigenvalue weighted by molar-refractivity contribution is -0.134. The zero-order valence-electron chi connectivity index (χ0n) is 19.5. The van der Waals surface area contributed by atoms with Gasteiger partial charge in [0.15, 0.2) is 0 Å². The Morgan fingerprint density at radius 1 is 0.886 bits per heavy atom. The number of carboxylic acid groups (broad SMARTS) is 2. The van der Waals surface area contributed by atoms with Crippen molar-refractivity contribution in [1.29, 1.82) is 0 Å². The molecule has 4 rings (SSSR count). The van der Waals surface area contributed by atoms with Gasteiger partial charge in [0, 0.05) is 50.7 Å². The Bertz CT molecular complexity index is 1090. The Morgan fingerprint density at radius 2 is 1.43 bits per heavy atom. The number of nitrogens with zero attached hydrogens (tertiary/aromatic N) is 3. The number of likely N-dealkylation sites (tertiary alicyclic amines) is 1. The third-order valence-electron chi connectivity index (χ3n) is 5.92. The molecule has 184 valence electrons. The first kappa shape index (κ1) is 25.9. The van der Waals surface area contributed by atoms with Gasteiger partial charge in [0.2, 0.25) is 0 Å². The van der Waals surface area contributed by atoms with Gasteiger partial charge in [0.05, 0.1) is 0 Å². The second-order valence-electron chi connectivity index (χ2n) is 8.48. The van der Waals surface area contributed by atoms with Gasteiger partial charge >= 0.3 is 11.9 Å². The highest BCUT2D eigenvalue weighted by molar-refractivity contribution is 5.89. The lowest BCUT2D eigenvalue weighted by atomic mass is 9.90. The fraction of sp³-hybridized carbons (Fsp3) is 0.296. The zero-order valence-corrected chi connectivity index (χ0v) is 19.5. The third kappa shape index (κ3) is 8.20. The van der Waals surface area contributed by atoms with Crippen LogP contribution in [0.5, 0.6) is 0 Å². The van der Waals surface area contributed by atoms with Gasteiger partial charge < -0.3 is 19.9 Å². The summed E-state index contributed by atoms with van der Waals surface area (Å²) in [4.78, 5) is 26.1. The van der Waals surface area contributed by atoms with E-state index in [0.717, 1.165) is 51.3 Å². The summed E-state index contributed by atoms with van der Waals surface area (Å²) in [5, 5.41) is 26.9. The molecule has 35 heavy (non-hydrogen) atoms. The first-order valence-electron chi connectivity index (χ1n) is 11.5. The number of carbonyl (C=O) groups is 2. The summed E-state index contributed by atoms with van der Waals surface area (Å²) in [6.07, 6.45) is 7.32. The van der Waals surface area contributed by atoms with Gasteiger partial charge in [-0.1, -0.05) is 60.7 Å². The molecule has 0 aliphatic carbocycles. The summed E-state index contributed by atoms with van der Waals surface area (Å²) in [6, 6.07) is 21.0. The highest BCUT2D eigenvalue weighted by Gasteiger charge is 2.37. The molecule has 1 aliphatic heterocycles. The van der Waals surface area contributed by atoms with Crippen molar-refractivity contribution in [3.05, 3.63) is 102 Å². The third-order valence-corrected chi connectivity index (χ3v) is 5.92. The van der Waals surface area contributed by atoms with E-state index >= 15 is 0 Å². The first-order valence-corrected chi connectivity index (χ1v) is 11.5. The van der Waals surface area contributed by atoms with E-state index in [9.17, 15) is 14.7 Å². The lowest BCUT2D eigenvalue weighted by Gasteiger charge is -2.38. The van der Waals surface area contributed by atoms with E-state index in [-0.39, 0.29) is 0 Å². The zero-order chi connectivity index (χ0) is 25.1. The number of imidazole rings is 1. The smallest absolute Gasteiger partial charge is 0.328 e. The molecule has 2 aromatic carbocycles. The number of aromatic nitrogens is 2. The molecule has 8 heteroatoms. The van der Waals surface area contributed by atoms with Gasteiger partial charge in [-0.25, -0.2) is 14.6 Å². The molecule has 0 amide bonds. The standard InChI is InChI=1S/C23H27N3O.C4H4O4/c27-23(12-16-25(17-13-23)19-21-9-5-2-6-10-21)22-24-14-18-26(22)15-11-20-7-3-1-4-8-20;5-3(6)1-2-4(7)8/h1-10,14,18,27H,11-13,15-17,19H2;1-2H,(H,5,6)(H,7,8)/b;2-1-. The van der Waals surface area contributed by atoms with Crippen molar-refractivity contribution in [3.8, 4) is 0 Å². The molecule has 3 N–H and O–H groups in total. The summed E-state index contributed by atoms with van der Waals surface area (Å²) in [5.74, 6) is -1.70. The number of aliphatic hydroxyl groups is 1. The fourth-order valence-corrected chi connectivity index (χ4v) is 4.08. The van der Waals surface area contributed by atoms with E-state index in [1.807, 2.05) is 24.5 Å². The van der Waals surface area contributed by atoms with Crippen LogP contribution >= 0.6 is 0 Å². The number of aryl methyl sites for hydroxylation is 2. The summed E-state index contributed by atoms with van der Waals surface area (Å²) in [6.45, 7) is 3.56.